The molecular weight excluding hydrogens is 394 g/mol. The highest BCUT2D eigenvalue weighted by Crippen LogP contribution is 2.25. The van der Waals surface area contributed by atoms with Crippen LogP contribution in [0.2, 0.25) is 0 Å². The highest BCUT2D eigenvalue weighted by molar-refractivity contribution is 9.10. The lowest BCUT2D eigenvalue weighted by Crippen LogP contribution is -2.33. The normalized spacial score (nSPS) is 20.1. The zero-order chi connectivity index (χ0) is 17.9. The van der Waals surface area contributed by atoms with Gasteiger partial charge in [0, 0.05) is 22.2 Å². The fourth-order valence-electron chi connectivity index (χ4n) is 3.16. The second-order valence-electron chi connectivity index (χ2n) is 6.54. The van der Waals surface area contributed by atoms with E-state index in [0.29, 0.717) is 34.9 Å². The van der Waals surface area contributed by atoms with Crippen LogP contribution in [0.4, 0.5) is 17.5 Å². The highest BCUT2D eigenvalue weighted by Gasteiger charge is 2.19. The van der Waals surface area contributed by atoms with E-state index in [4.69, 9.17) is 5.73 Å². The van der Waals surface area contributed by atoms with Crippen LogP contribution in [0.1, 0.15) is 25.7 Å². The number of aromatic nitrogens is 4. The number of nitrogens with two attached hydrogens (primary N) is 1. The van der Waals surface area contributed by atoms with Crippen LogP contribution >= 0.6 is 15.9 Å². The summed E-state index contributed by atoms with van der Waals surface area (Å²) in [5, 5.41) is 6.73. The van der Waals surface area contributed by atoms with Gasteiger partial charge in [0.05, 0.1) is 6.20 Å². The molecule has 4 rings (SSSR count). The van der Waals surface area contributed by atoms with Gasteiger partial charge in [-0.2, -0.15) is 0 Å². The molecule has 0 amide bonds. The maximum absolute atomic E-state index is 5.98. The minimum atomic E-state index is 0.319. The highest BCUT2D eigenvalue weighted by atomic mass is 79.9. The Morgan fingerprint density at radius 3 is 2.73 bits per heavy atom. The maximum Gasteiger partial charge on any atom is 0.223 e. The summed E-state index contributed by atoms with van der Waals surface area (Å²) in [6.07, 6.45) is 7.39. The Morgan fingerprint density at radius 1 is 1.08 bits per heavy atom. The number of rotatable bonds is 4. The molecule has 2 aromatic heterocycles. The van der Waals surface area contributed by atoms with Crippen molar-refractivity contribution >= 4 is 44.4 Å². The van der Waals surface area contributed by atoms with Crippen molar-refractivity contribution in [3.63, 3.8) is 0 Å². The zero-order valence-corrected chi connectivity index (χ0v) is 15.8. The maximum atomic E-state index is 5.98. The summed E-state index contributed by atoms with van der Waals surface area (Å²) in [6.45, 7) is 0. The molecule has 2 heterocycles. The Hall–Kier alpha value is -2.32. The van der Waals surface area contributed by atoms with Gasteiger partial charge in [0.2, 0.25) is 5.95 Å². The van der Waals surface area contributed by atoms with Crippen LogP contribution in [0.25, 0.3) is 11.0 Å². The van der Waals surface area contributed by atoms with Crippen molar-refractivity contribution in [2.45, 2.75) is 37.8 Å². The first-order valence-corrected chi connectivity index (χ1v) is 9.49. The van der Waals surface area contributed by atoms with Crippen LogP contribution in [0.15, 0.2) is 41.3 Å². The smallest absolute Gasteiger partial charge is 0.223 e. The quantitative estimate of drug-likeness (QED) is 0.600. The second kappa shape index (κ2) is 7.51. The molecule has 0 atom stereocenters. The number of benzene rings is 1. The number of nitrogens with zero attached hydrogens (tertiary/aromatic N) is 4. The number of anilines is 3. The van der Waals surface area contributed by atoms with E-state index in [2.05, 4.69) is 46.5 Å². The summed E-state index contributed by atoms with van der Waals surface area (Å²) < 4.78 is 0.994. The lowest BCUT2D eigenvalue weighted by atomic mass is 9.92. The SMILES string of the molecule is NC1CCC(Nc2ncc3ncnc(Nc4cccc(Br)c4)c3n2)CC1. The van der Waals surface area contributed by atoms with Gasteiger partial charge in [0.25, 0.3) is 0 Å². The van der Waals surface area contributed by atoms with E-state index in [-0.39, 0.29) is 0 Å². The summed E-state index contributed by atoms with van der Waals surface area (Å²) in [5.74, 6) is 1.26. The number of nitrogens with one attached hydrogen (secondary N) is 2. The van der Waals surface area contributed by atoms with E-state index < -0.39 is 0 Å². The first-order valence-electron chi connectivity index (χ1n) is 8.70. The van der Waals surface area contributed by atoms with Gasteiger partial charge < -0.3 is 16.4 Å². The lowest BCUT2D eigenvalue weighted by Gasteiger charge is -2.26. The van der Waals surface area contributed by atoms with Gasteiger partial charge >= 0.3 is 0 Å². The van der Waals surface area contributed by atoms with E-state index >= 15 is 0 Å². The topological polar surface area (TPSA) is 102 Å². The monoisotopic (exact) mass is 413 g/mol. The van der Waals surface area contributed by atoms with Crippen LogP contribution < -0.4 is 16.4 Å². The predicted octanol–water partition coefficient (Wildman–Crippen LogP) is 3.61. The Kier molecular flexibility index (Phi) is 4.94. The molecule has 0 radical (unpaired) electrons. The summed E-state index contributed by atoms with van der Waals surface area (Å²) in [5.41, 5.74) is 8.30. The third-order valence-electron chi connectivity index (χ3n) is 4.57. The minimum absolute atomic E-state index is 0.319. The Bertz CT molecular complexity index is 909. The van der Waals surface area contributed by atoms with Crippen molar-refractivity contribution in [3.05, 3.63) is 41.3 Å². The van der Waals surface area contributed by atoms with Gasteiger partial charge in [-0.25, -0.2) is 19.9 Å². The zero-order valence-electron chi connectivity index (χ0n) is 14.2. The van der Waals surface area contributed by atoms with Crippen LogP contribution in [0.3, 0.4) is 0 Å². The molecule has 7 nitrogen and oxygen atoms in total. The number of hydrogen-bond donors (Lipinski definition) is 3. The standard InChI is InChI=1S/C18H20BrN7/c19-11-2-1-3-14(8-11)24-17-16-15(22-10-23-17)9-21-18(26-16)25-13-6-4-12(20)5-7-13/h1-3,8-10,12-13H,4-7,20H2,(H,21,25,26)(H,22,23,24). The molecule has 26 heavy (non-hydrogen) atoms. The molecule has 3 aromatic rings. The molecule has 1 aromatic carbocycles. The molecule has 0 saturated heterocycles. The molecule has 8 heteroatoms. The van der Waals surface area contributed by atoms with Crippen LogP contribution in [-0.4, -0.2) is 32.0 Å². The van der Waals surface area contributed by atoms with Crippen molar-refractivity contribution in [3.8, 4) is 0 Å². The Balaban J connectivity index is 1.60. The van der Waals surface area contributed by atoms with Crippen LogP contribution in [0, 0.1) is 0 Å². The van der Waals surface area contributed by atoms with Gasteiger partial charge in [-0.1, -0.05) is 22.0 Å². The summed E-state index contributed by atoms with van der Waals surface area (Å²) in [7, 11) is 0. The minimum Gasteiger partial charge on any atom is -0.351 e. The van der Waals surface area contributed by atoms with Crippen molar-refractivity contribution < 1.29 is 0 Å². The van der Waals surface area contributed by atoms with E-state index in [0.717, 1.165) is 35.8 Å². The lowest BCUT2D eigenvalue weighted by molar-refractivity contribution is 0.410. The molecule has 1 aliphatic rings. The number of fused-ring (bicyclic) bond motifs is 1. The van der Waals surface area contributed by atoms with Gasteiger partial charge in [0.15, 0.2) is 5.82 Å². The third kappa shape index (κ3) is 3.91. The molecule has 1 aliphatic carbocycles. The first kappa shape index (κ1) is 17.1. The van der Waals surface area contributed by atoms with E-state index in [1.54, 1.807) is 6.20 Å². The Morgan fingerprint density at radius 2 is 1.92 bits per heavy atom. The molecule has 1 saturated carbocycles. The third-order valence-corrected chi connectivity index (χ3v) is 5.06. The molecule has 0 bridgehead atoms. The van der Waals surface area contributed by atoms with Crippen LogP contribution in [0.5, 0.6) is 0 Å². The molecular formula is C18H20BrN7. The number of halogens is 1. The summed E-state index contributed by atoms with van der Waals surface area (Å²) in [6, 6.07) is 8.58. The summed E-state index contributed by atoms with van der Waals surface area (Å²) >= 11 is 3.48. The fraction of sp³-hybridized carbons (Fsp3) is 0.333. The van der Waals surface area contributed by atoms with E-state index in [9.17, 15) is 0 Å². The van der Waals surface area contributed by atoms with Crippen LogP contribution in [-0.2, 0) is 0 Å². The van der Waals surface area contributed by atoms with Crippen molar-refractivity contribution in [2.75, 3.05) is 10.6 Å². The Labute approximate surface area is 160 Å². The van der Waals surface area contributed by atoms with Crippen molar-refractivity contribution in [1.29, 1.82) is 0 Å². The van der Waals surface area contributed by atoms with Gasteiger partial charge in [-0.15, -0.1) is 0 Å². The van der Waals surface area contributed by atoms with Crippen molar-refractivity contribution in [1.82, 2.24) is 19.9 Å². The van der Waals surface area contributed by atoms with E-state index in [1.807, 2.05) is 24.3 Å². The second-order valence-corrected chi connectivity index (χ2v) is 7.46. The van der Waals surface area contributed by atoms with Crippen molar-refractivity contribution in [2.24, 2.45) is 5.73 Å². The first-order chi connectivity index (χ1) is 12.7. The predicted molar refractivity (Wildman–Crippen MR) is 106 cm³/mol. The van der Waals surface area contributed by atoms with Gasteiger partial charge in [-0.3, -0.25) is 0 Å². The number of hydrogen-bond acceptors (Lipinski definition) is 7. The molecule has 0 spiro atoms. The van der Waals surface area contributed by atoms with Gasteiger partial charge in [0.1, 0.15) is 17.4 Å². The largest absolute Gasteiger partial charge is 0.351 e. The average Bonchev–Trinajstić information content (AvgIpc) is 2.64. The van der Waals surface area contributed by atoms with E-state index in [1.165, 1.54) is 6.33 Å². The molecule has 0 unspecified atom stereocenters. The molecule has 0 aliphatic heterocycles. The molecule has 4 N–H and O–H groups in total. The molecule has 134 valence electrons. The molecule has 1 fully saturated rings. The fourth-order valence-corrected chi connectivity index (χ4v) is 3.56. The summed E-state index contributed by atoms with van der Waals surface area (Å²) in [4.78, 5) is 17.7. The van der Waals surface area contributed by atoms with Gasteiger partial charge in [-0.05, 0) is 43.9 Å². The average molecular weight is 414 g/mol.